The zero-order chi connectivity index (χ0) is 21.4. The molecule has 2 amide bonds. The van der Waals surface area contributed by atoms with E-state index >= 15 is 0 Å². The van der Waals surface area contributed by atoms with Crippen molar-refractivity contribution < 1.29 is 19.1 Å². The van der Waals surface area contributed by atoms with Crippen LogP contribution in [0.4, 0.5) is 11.4 Å². The number of rotatable bonds is 7. The summed E-state index contributed by atoms with van der Waals surface area (Å²) in [5.41, 5.74) is 1.38. The first-order valence-electron chi connectivity index (χ1n) is 8.81. The van der Waals surface area contributed by atoms with Crippen molar-refractivity contribution in [1.82, 2.24) is 5.32 Å². The molecule has 2 rings (SSSR count). The lowest BCUT2D eigenvalue weighted by atomic mass is 10.2. The van der Waals surface area contributed by atoms with Crippen LogP contribution >= 0.6 is 23.8 Å². The van der Waals surface area contributed by atoms with Crippen molar-refractivity contribution in [2.75, 3.05) is 24.9 Å². The summed E-state index contributed by atoms with van der Waals surface area (Å²) in [5.74, 6) is 0.424. The molecule has 0 aliphatic rings. The van der Waals surface area contributed by atoms with Gasteiger partial charge in [0.15, 0.2) is 16.6 Å². The van der Waals surface area contributed by atoms with E-state index in [1.807, 2.05) is 6.92 Å². The van der Waals surface area contributed by atoms with E-state index in [0.717, 1.165) is 6.42 Å². The monoisotopic (exact) mass is 435 g/mol. The van der Waals surface area contributed by atoms with Crippen LogP contribution in [0, 0.1) is 0 Å². The maximum Gasteiger partial charge on any atom is 0.257 e. The number of hydrogen-bond donors (Lipinski definition) is 3. The van der Waals surface area contributed by atoms with Crippen LogP contribution in [-0.4, -0.2) is 31.1 Å². The average molecular weight is 436 g/mol. The molecule has 0 aromatic heterocycles. The van der Waals surface area contributed by atoms with Gasteiger partial charge < -0.3 is 20.1 Å². The van der Waals surface area contributed by atoms with Gasteiger partial charge >= 0.3 is 0 Å². The van der Waals surface area contributed by atoms with Crippen LogP contribution in [-0.2, 0) is 4.79 Å². The number of anilines is 2. The van der Waals surface area contributed by atoms with Gasteiger partial charge in [-0.05, 0) is 55.0 Å². The molecule has 0 radical (unpaired) electrons. The standard InChI is InChI=1S/C20H22ClN3O4S/c1-4-5-18(25)22-13-7-8-14(21)15(11-13)23-20(29)24-19(26)12-6-9-16(27-2)17(10-12)28-3/h6-11H,4-5H2,1-3H3,(H,22,25)(H2,23,24,26,29). The molecule has 0 atom stereocenters. The second-order valence-corrected chi connectivity index (χ2v) is 6.79. The molecule has 0 saturated carbocycles. The van der Waals surface area contributed by atoms with Gasteiger partial charge in [-0.2, -0.15) is 0 Å². The van der Waals surface area contributed by atoms with Gasteiger partial charge in [0.25, 0.3) is 5.91 Å². The lowest BCUT2D eigenvalue weighted by Gasteiger charge is -2.13. The molecule has 0 aliphatic carbocycles. The van der Waals surface area contributed by atoms with Gasteiger partial charge in [-0.3, -0.25) is 14.9 Å². The lowest BCUT2D eigenvalue weighted by Crippen LogP contribution is -2.34. The Morgan fingerprint density at radius 2 is 1.76 bits per heavy atom. The topological polar surface area (TPSA) is 88.7 Å². The molecule has 0 aliphatic heterocycles. The summed E-state index contributed by atoms with van der Waals surface area (Å²) in [7, 11) is 3.00. The highest BCUT2D eigenvalue weighted by Crippen LogP contribution is 2.28. The first kappa shape index (κ1) is 22.4. The van der Waals surface area contributed by atoms with Crippen molar-refractivity contribution in [3.8, 4) is 11.5 Å². The third-order valence-corrected chi connectivity index (χ3v) is 4.38. The third kappa shape index (κ3) is 6.33. The number of ether oxygens (including phenoxy) is 2. The van der Waals surface area contributed by atoms with Crippen LogP contribution in [0.2, 0.25) is 5.02 Å². The Labute approximate surface area is 179 Å². The fourth-order valence-electron chi connectivity index (χ4n) is 2.46. The first-order valence-corrected chi connectivity index (χ1v) is 9.60. The van der Waals surface area contributed by atoms with Crippen molar-refractivity contribution in [3.05, 3.63) is 47.0 Å². The van der Waals surface area contributed by atoms with E-state index in [1.165, 1.54) is 14.2 Å². The van der Waals surface area contributed by atoms with E-state index in [-0.39, 0.29) is 11.0 Å². The number of amides is 2. The maximum atomic E-state index is 12.5. The fraction of sp³-hybridized carbons (Fsp3) is 0.250. The highest BCUT2D eigenvalue weighted by Gasteiger charge is 2.13. The Morgan fingerprint density at radius 3 is 2.41 bits per heavy atom. The number of thiocarbonyl (C=S) groups is 1. The number of carbonyl (C=O) groups excluding carboxylic acids is 2. The van der Waals surface area contributed by atoms with Crippen LogP contribution in [0.1, 0.15) is 30.1 Å². The van der Waals surface area contributed by atoms with Crippen LogP contribution < -0.4 is 25.4 Å². The quantitative estimate of drug-likeness (QED) is 0.564. The van der Waals surface area contributed by atoms with Crippen molar-refractivity contribution >= 4 is 52.1 Å². The normalized spacial score (nSPS) is 10.1. The summed E-state index contributed by atoms with van der Waals surface area (Å²) in [4.78, 5) is 24.2. The molecule has 9 heteroatoms. The third-order valence-electron chi connectivity index (χ3n) is 3.85. The lowest BCUT2D eigenvalue weighted by molar-refractivity contribution is -0.116. The molecular weight excluding hydrogens is 414 g/mol. The molecule has 29 heavy (non-hydrogen) atoms. The largest absolute Gasteiger partial charge is 0.493 e. The van der Waals surface area contributed by atoms with E-state index in [1.54, 1.807) is 36.4 Å². The second kappa shape index (κ2) is 10.6. The predicted octanol–water partition coefficient (Wildman–Crippen LogP) is 4.22. The summed E-state index contributed by atoms with van der Waals surface area (Å²) in [6.45, 7) is 1.92. The van der Waals surface area contributed by atoms with E-state index < -0.39 is 5.91 Å². The number of carbonyl (C=O) groups is 2. The summed E-state index contributed by atoms with van der Waals surface area (Å²) < 4.78 is 10.4. The van der Waals surface area contributed by atoms with Crippen molar-refractivity contribution in [2.24, 2.45) is 0 Å². The maximum absolute atomic E-state index is 12.5. The molecule has 0 heterocycles. The van der Waals surface area contributed by atoms with Gasteiger partial charge in [0.1, 0.15) is 0 Å². The second-order valence-electron chi connectivity index (χ2n) is 5.97. The van der Waals surface area contributed by atoms with Gasteiger partial charge in [0, 0.05) is 17.7 Å². The van der Waals surface area contributed by atoms with E-state index in [2.05, 4.69) is 16.0 Å². The highest BCUT2D eigenvalue weighted by molar-refractivity contribution is 7.80. The minimum Gasteiger partial charge on any atom is -0.493 e. The molecule has 2 aromatic rings. The van der Waals surface area contributed by atoms with Crippen LogP contribution in [0.3, 0.4) is 0 Å². The van der Waals surface area contributed by atoms with Gasteiger partial charge in [0.05, 0.1) is 24.9 Å². The highest BCUT2D eigenvalue weighted by atomic mass is 35.5. The minimum absolute atomic E-state index is 0.0590. The Bertz CT molecular complexity index is 921. The summed E-state index contributed by atoms with van der Waals surface area (Å²) >= 11 is 11.4. The average Bonchev–Trinajstić information content (AvgIpc) is 2.70. The van der Waals surface area contributed by atoms with Gasteiger partial charge in [-0.15, -0.1) is 0 Å². The summed E-state index contributed by atoms with van der Waals surface area (Å²) in [6, 6.07) is 9.73. The molecule has 0 bridgehead atoms. The summed E-state index contributed by atoms with van der Waals surface area (Å²) in [5, 5.41) is 8.68. The molecule has 3 N–H and O–H groups in total. The smallest absolute Gasteiger partial charge is 0.257 e. The molecule has 7 nitrogen and oxygen atoms in total. The van der Waals surface area contributed by atoms with Gasteiger partial charge in [-0.1, -0.05) is 18.5 Å². The van der Waals surface area contributed by atoms with Crippen molar-refractivity contribution in [3.63, 3.8) is 0 Å². The number of benzene rings is 2. The molecule has 0 fully saturated rings. The number of halogens is 1. The van der Waals surface area contributed by atoms with Crippen molar-refractivity contribution in [2.45, 2.75) is 19.8 Å². The van der Waals surface area contributed by atoms with Gasteiger partial charge in [-0.25, -0.2) is 0 Å². The fourth-order valence-corrected chi connectivity index (χ4v) is 2.82. The molecule has 0 saturated heterocycles. The van der Waals surface area contributed by atoms with Crippen LogP contribution in [0.25, 0.3) is 0 Å². The Hall–Kier alpha value is -2.84. The van der Waals surface area contributed by atoms with Gasteiger partial charge in [0.2, 0.25) is 5.91 Å². The van der Waals surface area contributed by atoms with Crippen LogP contribution in [0.15, 0.2) is 36.4 Å². The van der Waals surface area contributed by atoms with Crippen molar-refractivity contribution in [1.29, 1.82) is 0 Å². The number of hydrogen-bond acceptors (Lipinski definition) is 5. The minimum atomic E-state index is -0.424. The number of nitrogens with one attached hydrogen (secondary N) is 3. The molecule has 0 unspecified atom stereocenters. The molecule has 2 aromatic carbocycles. The van der Waals surface area contributed by atoms with E-state index in [9.17, 15) is 9.59 Å². The molecule has 0 spiro atoms. The molecular formula is C20H22ClN3O4S. The number of methoxy groups -OCH3 is 2. The Morgan fingerprint density at radius 1 is 1.03 bits per heavy atom. The van der Waals surface area contributed by atoms with E-state index in [0.29, 0.717) is 39.9 Å². The Kier molecular flexibility index (Phi) is 8.23. The molecule has 154 valence electrons. The Balaban J connectivity index is 2.06. The zero-order valence-electron chi connectivity index (χ0n) is 16.3. The SMILES string of the molecule is CCCC(=O)Nc1ccc(Cl)c(NC(=S)NC(=O)c2ccc(OC)c(OC)c2)c1. The van der Waals surface area contributed by atoms with E-state index in [4.69, 9.17) is 33.3 Å². The predicted molar refractivity (Wildman–Crippen MR) is 118 cm³/mol. The zero-order valence-corrected chi connectivity index (χ0v) is 17.9. The first-order chi connectivity index (χ1) is 13.9. The van der Waals surface area contributed by atoms with Crippen LogP contribution in [0.5, 0.6) is 11.5 Å². The summed E-state index contributed by atoms with van der Waals surface area (Å²) in [6.07, 6.45) is 1.17.